The Bertz CT molecular complexity index is 282. The molecule has 2 heteroatoms. The minimum atomic E-state index is 0.524. The number of aromatic nitrogens is 1. The summed E-state index contributed by atoms with van der Waals surface area (Å²) in [6.07, 6.45) is 6.02. The third-order valence-electron chi connectivity index (χ3n) is 2.62. The summed E-state index contributed by atoms with van der Waals surface area (Å²) in [5.74, 6) is 0. The lowest BCUT2D eigenvalue weighted by Crippen LogP contribution is -2.54. The maximum atomic E-state index is 2.30. The summed E-state index contributed by atoms with van der Waals surface area (Å²) in [5, 5.41) is 0. The van der Waals surface area contributed by atoms with Gasteiger partial charge in [0.2, 0.25) is 0 Å². The fourth-order valence-electron chi connectivity index (χ4n) is 1.87. The lowest BCUT2D eigenvalue weighted by atomic mass is 10.2. The van der Waals surface area contributed by atoms with E-state index in [0.29, 0.717) is 6.17 Å². The van der Waals surface area contributed by atoms with Gasteiger partial charge in [-0.15, -0.1) is 0 Å². The summed E-state index contributed by atoms with van der Waals surface area (Å²) < 4.78 is 3.26. The first kappa shape index (κ1) is 11.2. The Kier molecular flexibility index (Phi) is 3.27. The summed E-state index contributed by atoms with van der Waals surface area (Å²) in [4.78, 5) is 0. The third kappa shape index (κ3) is 2.55. The summed E-state index contributed by atoms with van der Waals surface area (Å²) in [7, 11) is 6.71. The van der Waals surface area contributed by atoms with Crippen molar-refractivity contribution >= 4 is 0 Å². The lowest BCUT2D eigenvalue weighted by molar-refractivity contribution is -1.04. The lowest BCUT2D eigenvalue weighted by Gasteiger charge is -2.28. The highest BCUT2D eigenvalue weighted by Crippen LogP contribution is 2.12. The highest BCUT2D eigenvalue weighted by Gasteiger charge is 2.29. The van der Waals surface area contributed by atoms with E-state index < -0.39 is 0 Å². The largest absolute Gasteiger partial charge is 0.283 e. The zero-order chi connectivity index (χ0) is 10.8. The van der Waals surface area contributed by atoms with Crippen molar-refractivity contribution < 1.29 is 9.05 Å². The Morgan fingerprint density at radius 2 is 1.71 bits per heavy atom. The molecule has 0 saturated carbocycles. The van der Waals surface area contributed by atoms with Crippen molar-refractivity contribution in [3.05, 3.63) is 30.1 Å². The molecule has 1 rings (SSSR count). The molecule has 1 aromatic heterocycles. The molecular formula is C12H22N2+2. The molecule has 0 bridgehead atoms. The van der Waals surface area contributed by atoms with Crippen molar-refractivity contribution in [1.29, 1.82) is 0 Å². The average molecular weight is 194 g/mol. The fourth-order valence-corrected chi connectivity index (χ4v) is 1.87. The summed E-state index contributed by atoms with van der Waals surface area (Å²) in [6.45, 7) is 4.36. The van der Waals surface area contributed by atoms with Gasteiger partial charge in [-0.05, 0) is 12.5 Å². The van der Waals surface area contributed by atoms with Crippen LogP contribution in [0.1, 0.15) is 25.1 Å². The van der Waals surface area contributed by atoms with Gasteiger partial charge in [0, 0.05) is 12.1 Å². The summed E-state index contributed by atoms with van der Waals surface area (Å²) in [6, 6.07) is 4.33. The molecule has 14 heavy (non-hydrogen) atoms. The minimum absolute atomic E-state index is 0.524. The monoisotopic (exact) mass is 194 g/mol. The van der Waals surface area contributed by atoms with Crippen molar-refractivity contribution in [2.24, 2.45) is 0 Å². The van der Waals surface area contributed by atoms with E-state index in [1.165, 1.54) is 5.56 Å². The second kappa shape index (κ2) is 4.09. The van der Waals surface area contributed by atoms with Gasteiger partial charge in [0.25, 0.3) is 6.17 Å². The highest BCUT2D eigenvalue weighted by atomic mass is 15.4. The number of nitrogens with zero attached hydrogens (tertiary/aromatic N) is 2. The van der Waals surface area contributed by atoms with Crippen molar-refractivity contribution in [3.63, 3.8) is 0 Å². The highest BCUT2D eigenvalue weighted by molar-refractivity contribution is 5.03. The SMILES string of the molecule is CCC([n+]1ccc(C)cc1)[N+](C)(C)C. The van der Waals surface area contributed by atoms with Gasteiger partial charge < -0.3 is 0 Å². The molecule has 1 heterocycles. The predicted molar refractivity (Wildman–Crippen MR) is 58.7 cm³/mol. The van der Waals surface area contributed by atoms with Crippen LogP contribution in [0.5, 0.6) is 0 Å². The summed E-state index contributed by atoms with van der Waals surface area (Å²) in [5.41, 5.74) is 1.32. The Morgan fingerprint density at radius 3 is 2.07 bits per heavy atom. The van der Waals surface area contributed by atoms with E-state index in [-0.39, 0.29) is 0 Å². The average Bonchev–Trinajstić information content (AvgIpc) is 2.07. The molecule has 1 atom stereocenters. The second-order valence-electron chi connectivity index (χ2n) is 4.83. The van der Waals surface area contributed by atoms with Crippen molar-refractivity contribution in [1.82, 2.24) is 0 Å². The van der Waals surface area contributed by atoms with E-state index in [0.717, 1.165) is 10.9 Å². The zero-order valence-corrected chi connectivity index (χ0v) is 9.99. The Hall–Kier alpha value is -0.890. The molecule has 0 saturated heterocycles. The van der Waals surface area contributed by atoms with Crippen LogP contribution in [0.4, 0.5) is 0 Å². The molecule has 0 aliphatic rings. The molecule has 0 aliphatic carbocycles. The van der Waals surface area contributed by atoms with Crippen LogP contribution < -0.4 is 4.57 Å². The van der Waals surface area contributed by atoms with E-state index >= 15 is 0 Å². The number of pyridine rings is 1. The molecular weight excluding hydrogens is 172 g/mol. The van der Waals surface area contributed by atoms with Crippen LogP contribution in [-0.4, -0.2) is 25.6 Å². The van der Waals surface area contributed by atoms with Gasteiger partial charge in [-0.3, -0.25) is 4.48 Å². The van der Waals surface area contributed by atoms with Crippen molar-refractivity contribution in [2.75, 3.05) is 21.1 Å². The Balaban J connectivity index is 2.96. The molecule has 0 N–H and O–H groups in total. The first-order valence-electron chi connectivity index (χ1n) is 5.23. The van der Waals surface area contributed by atoms with Crippen LogP contribution in [0.15, 0.2) is 24.5 Å². The molecule has 1 aromatic rings. The Labute approximate surface area is 87.4 Å². The Morgan fingerprint density at radius 1 is 1.21 bits per heavy atom. The number of hydrogen-bond donors (Lipinski definition) is 0. The van der Waals surface area contributed by atoms with E-state index in [4.69, 9.17) is 0 Å². The molecule has 0 radical (unpaired) electrons. The maximum Gasteiger partial charge on any atom is 0.283 e. The van der Waals surface area contributed by atoms with E-state index in [1.807, 2.05) is 0 Å². The van der Waals surface area contributed by atoms with Gasteiger partial charge in [-0.1, -0.05) is 6.92 Å². The molecule has 2 nitrogen and oxygen atoms in total. The number of quaternary nitrogens is 1. The van der Waals surface area contributed by atoms with Gasteiger partial charge in [-0.2, -0.15) is 4.57 Å². The van der Waals surface area contributed by atoms with Crippen LogP contribution >= 0.6 is 0 Å². The van der Waals surface area contributed by atoms with Gasteiger partial charge in [0.15, 0.2) is 12.4 Å². The molecule has 0 amide bonds. The number of hydrogen-bond acceptors (Lipinski definition) is 0. The van der Waals surface area contributed by atoms with Crippen LogP contribution in [0.2, 0.25) is 0 Å². The molecule has 0 aromatic carbocycles. The number of aryl methyl sites for hydroxylation is 1. The molecule has 0 fully saturated rings. The van der Waals surface area contributed by atoms with Crippen LogP contribution in [0.3, 0.4) is 0 Å². The van der Waals surface area contributed by atoms with E-state index in [2.05, 4.69) is 64.1 Å². The smallest absolute Gasteiger partial charge is 0.273 e. The zero-order valence-electron chi connectivity index (χ0n) is 9.99. The summed E-state index contributed by atoms with van der Waals surface area (Å²) >= 11 is 0. The van der Waals surface area contributed by atoms with Crippen LogP contribution in [0.25, 0.3) is 0 Å². The van der Waals surface area contributed by atoms with Crippen molar-refractivity contribution in [2.45, 2.75) is 26.4 Å². The van der Waals surface area contributed by atoms with Crippen LogP contribution in [-0.2, 0) is 0 Å². The fraction of sp³-hybridized carbons (Fsp3) is 0.583. The van der Waals surface area contributed by atoms with E-state index in [1.54, 1.807) is 0 Å². The van der Waals surface area contributed by atoms with Gasteiger partial charge in [0.1, 0.15) is 0 Å². The predicted octanol–water partition coefficient (Wildman–Crippen LogP) is 1.90. The van der Waals surface area contributed by atoms with Crippen LogP contribution in [0, 0.1) is 6.92 Å². The quantitative estimate of drug-likeness (QED) is 0.511. The molecule has 78 valence electrons. The normalized spacial score (nSPS) is 14.1. The minimum Gasteiger partial charge on any atom is -0.273 e. The molecule has 0 spiro atoms. The molecule has 1 unspecified atom stereocenters. The van der Waals surface area contributed by atoms with E-state index in [9.17, 15) is 0 Å². The topological polar surface area (TPSA) is 3.88 Å². The van der Waals surface area contributed by atoms with Crippen molar-refractivity contribution in [3.8, 4) is 0 Å². The number of rotatable bonds is 3. The van der Waals surface area contributed by atoms with Gasteiger partial charge >= 0.3 is 0 Å². The van der Waals surface area contributed by atoms with Gasteiger partial charge in [0.05, 0.1) is 27.6 Å². The standard InChI is InChI=1S/C12H22N2/c1-6-12(14(3,4)5)13-9-7-11(2)8-10-13/h7-10,12H,6H2,1-5H3/q+2. The maximum absolute atomic E-state index is 2.30. The van der Waals surface area contributed by atoms with Gasteiger partial charge in [-0.25, -0.2) is 0 Å². The third-order valence-corrected chi connectivity index (χ3v) is 2.62. The first-order chi connectivity index (χ1) is 6.45. The first-order valence-corrected chi connectivity index (χ1v) is 5.23. The second-order valence-corrected chi connectivity index (χ2v) is 4.83. The molecule has 0 aliphatic heterocycles.